The van der Waals surface area contributed by atoms with Crippen LogP contribution in [0.5, 0.6) is 11.5 Å². The highest BCUT2D eigenvalue weighted by atomic mass is 32.2. The van der Waals surface area contributed by atoms with Crippen molar-refractivity contribution in [2.45, 2.75) is 113 Å². The molecule has 0 radical (unpaired) electrons. The van der Waals surface area contributed by atoms with Crippen LogP contribution in [0.15, 0.2) is 24.3 Å². The summed E-state index contributed by atoms with van der Waals surface area (Å²) in [7, 11) is 0. The molecule has 0 spiro atoms. The largest absolute Gasteiger partial charge is 0.615 e. The first-order valence-corrected chi connectivity index (χ1v) is 19.6. The minimum atomic E-state index is -5.38. The van der Waals surface area contributed by atoms with Gasteiger partial charge < -0.3 is 14.0 Å². The highest BCUT2D eigenvalue weighted by Gasteiger charge is 2.60. The minimum absolute atomic E-state index is 0.0107. The third-order valence-corrected chi connectivity index (χ3v) is 11.5. The lowest BCUT2D eigenvalue weighted by atomic mass is 10.0. The molecule has 2 aromatic carbocycles. The van der Waals surface area contributed by atoms with Gasteiger partial charge in [-0.3, -0.25) is 0 Å². The Labute approximate surface area is 307 Å². The average molecular weight is 823 g/mol. The number of hydrogen-bond donors (Lipinski definition) is 0. The van der Waals surface area contributed by atoms with E-state index in [0.717, 1.165) is 12.1 Å². The fourth-order valence-electron chi connectivity index (χ4n) is 5.43. The Balaban J connectivity index is 2.27. The molecule has 0 saturated heterocycles. The van der Waals surface area contributed by atoms with E-state index in [1.54, 1.807) is 0 Å². The molecular weight excluding hydrogens is 781 g/mol. The summed E-state index contributed by atoms with van der Waals surface area (Å²) in [5, 5.41) is -6.12. The second-order valence-corrected chi connectivity index (χ2v) is 16.2. The Morgan fingerprint density at radius 3 is 1.15 bits per heavy atom. The number of halogens is 12. The Morgan fingerprint density at radius 2 is 0.846 bits per heavy atom. The zero-order valence-corrected chi connectivity index (χ0v) is 31.4. The van der Waals surface area contributed by atoms with E-state index in [4.69, 9.17) is 9.47 Å². The van der Waals surface area contributed by atoms with Gasteiger partial charge in [0.05, 0.1) is 13.2 Å². The average Bonchev–Trinajstić information content (AvgIpc) is 2.97. The Bertz CT molecular complexity index is 1290. The van der Waals surface area contributed by atoms with Crippen molar-refractivity contribution in [2.75, 3.05) is 24.7 Å². The summed E-state index contributed by atoms with van der Waals surface area (Å²) in [6.45, 7) is 5.57. The first-order chi connectivity index (χ1) is 23.9. The van der Waals surface area contributed by atoms with Crippen LogP contribution in [0.3, 0.4) is 0 Å². The van der Waals surface area contributed by atoms with Crippen molar-refractivity contribution in [2.24, 2.45) is 0 Å². The van der Waals surface area contributed by atoms with Crippen LogP contribution in [0.25, 0.3) is 0 Å². The fraction of sp³-hybridized carbons (Fsp3) is 0.647. The van der Waals surface area contributed by atoms with Gasteiger partial charge in [0.25, 0.3) is 0 Å². The van der Waals surface area contributed by atoms with Crippen molar-refractivity contribution in [1.82, 2.24) is 0 Å². The Kier molecular flexibility index (Phi) is 18.0. The fourth-order valence-corrected chi connectivity index (χ4v) is 8.40. The molecule has 2 atom stereocenters. The smallest absolute Gasteiger partial charge is 0.441 e. The quantitative estimate of drug-likeness (QED) is 0.0756. The van der Waals surface area contributed by atoms with Crippen LogP contribution in [0.1, 0.15) is 95.2 Å². The molecule has 2 unspecified atom stereocenters. The Hall–Kier alpha value is -1.79. The first-order valence-electron chi connectivity index (χ1n) is 16.3. The van der Waals surface area contributed by atoms with E-state index in [1.165, 1.54) is 39.8 Å². The number of hydrogen-bond acceptors (Lipinski definition) is 5. The second kappa shape index (κ2) is 20.2. The molecule has 0 heterocycles. The van der Waals surface area contributed by atoms with Crippen molar-refractivity contribution in [1.29, 1.82) is 0 Å². The summed E-state index contributed by atoms with van der Waals surface area (Å²) in [6.07, 6.45) is -7.58. The summed E-state index contributed by atoms with van der Waals surface area (Å²) in [5.74, 6) is -0.335. The molecule has 2 rings (SSSR count). The highest BCUT2D eigenvalue weighted by molar-refractivity contribution is 8.00. The SMILES string of the molecule is Cc1cc(C)c(C([S+]([O-])C(c2cc(OCCCCCCSC(F)(F)F)c(C)cc2C)C(F)(F)F)C(F)(F)F)cc1OCCCCCCSC(F)(F)F. The predicted octanol–water partition coefficient (Wildman–Crippen LogP) is 13.0. The van der Waals surface area contributed by atoms with Gasteiger partial charge in [0, 0.05) is 22.6 Å². The standard InChI is InChI=1S/C34H42F12O3S3/c1-21-17-23(3)27(48-13-9-5-7-11-15-50-33(41,42)43)19-25(21)29(31(35,36)37)52(47)30(32(38,39)40)26-20-28(24(4)18-22(26)2)49-14-10-6-8-12-16-51-34(44,45)46/h17-20,29-30H,5-16H2,1-4H3. The molecular formula is C34H42F12O3S3. The van der Waals surface area contributed by atoms with Gasteiger partial charge in [0.15, 0.2) is 0 Å². The van der Waals surface area contributed by atoms with Crippen LogP contribution < -0.4 is 9.47 Å². The van der Waals surface area contributed by atoms with Gasteiger partial charge in [-0.1, -0.05) is 61.3 Å². The second-order valence-electron chi connectivity index (χ2n) is 12.2. The van der Waals surface area contributed by atoms with Gasteiger partial charge in [0.1, 0.15) is 11.5 Å². The van der Waals surface area contributed by atoms with Crippen LogP contribution in [-0.4, -0.2) is 52.6 Å². The summed E-state index contributed by atoms with van der Waals surface area (Å²) < 4.78 is 187. The number of unbranched alkanes of at least 4 members (excludes halogenated alkanes) is 6. The maximum absolute atomic E-state index is 14.7. The number of alkyl halides is 12. The first kappa shape index (κ1) is 46.4. The van der Waals surface area contributed by atoms with Gasteiger partial charge in [-0.2, -0.15) is 52.7 Å². The molecule has 52 heavy (non-hydrogen) atoms. The molecule has 3 nitrogen and oxygen atoms in total. The molecule has 18 heteroatoms. The van der Waals surface area contributed by atoms with E-state index >= 15 is 0 Å². The Morgan fingerprint density at radius 1 is 0.519 bits per heavy atom. The number of thioether (sulfide) groups is 2. The summed E-state index contributed by atoms with van der Waals surface area (Å²) in [6, 6.07) is 4.50. The molecule has 0 saturated carbocycles. The molecule has 0 aliphatic rings. The van der Waals surface area contributed by atoms with E-state index < -0.39 is 56.2 Å². The lowest BCUT2D eigenvalue weighted by molar-refractivity contribution is -0.140. The van der Waals surface area contributed by atoms with Gasteiger partial charge in [-0.25, -0.2) is 0 Å². The van der Waals surface area contributed by atoms with Crippen molar-refractivity contribution in [3.63, 3.8) is 0 Å². The normalized spacial score (nSPS) is 14.7. The van der Waals surface area contributed by atoms with E-state index in [0.29, 0.717) is 62.5 Å². The minimum Gasteiger partial charge on any atom is -0.615 e. The maximum atomic E-state index is 14.7. The van der Waals surface area contributed by atoms with E-state index in [-0.39, 0.29) is 70.9 Å². The van der Waals surface area contributed by atoms with E-state index in [2.05, 4.69) is 0 Å². The van der Waals surface area contributed by atoms with Crippen molar-refractivity contribution >= 4 is 34.7 Å². The van der Waals surface area contributed by atoms with Crippen LogP contribution in [0.4, 0.5) is 52.7 Å². The zero-order valence-electron chi connectivity index (χ0n) is 28.9. The molecule has 0 fully saturated rings. The lowest BCUT2D eigenvalue weighted by Gasteiger charge is -2.33. The van der Waals surface area contributed by atoms with Crippen LogP contribution in [0.2, 0.25) is 0 Å². The summed E-state index contributed by atoms with van der Waals surface area (Å²) in [4.78, 5) is 0. The van der Waals surface area contributed by atoms with Crippen LogP contribution >= 0.6 is 23.5 Å². The predicted molar refractivity (Wildman–Crippen MR) is 183 cm³/mol. The van der Waals surface area contributed by atoms with Crippen molar-refractivity contribution in [3.8, 4) is 11.5 Å². The maximum Gasteiger partial charge on any atom is 0.441 e. The van der Waals surface area contributed by atoms with Crippen LogP contribution in [-0.2, 0) is 11.2 Å². The van der Waals surface area contributed by atoms with E-state index in [9.17, 15) is 57.2 Å². The molecule has 298 valence electrons. The third kappa shape index (κ3) is 15.9. The van der Waals surface area contributed by atoms with E-state index in [1.807, 2.05) is 0 Å². The third-order valence-electron chi connectivity index (χ3n) is 7.88. The molecule has 0 amide bonds. The van der Waals surface area contributed by atoms with Crippen molar-refractivity contribution in [3.05, 3.63) is 57.6 Å². The monoisotopic (exact) mass is 822 g/mol. The number of aryl methyl sites for hydroxylation is 4. The van der Waals surface area contributed by atoms with Gasteiger partial charge in [-0.05, 0) is 98.9 Å². The summed E-state index contributed by atoms with van der Waals surface area (Å²) >= 11 is -3.92. The molecule has 0 aromatic heterocycles. The number of benzene rings is 2. The molecule has 2 aromatic rings. The molecule has 0 N–H and O–H groups in total. The van der Waals surface area contributed by atoms with Crippen molar-refractivity contribution < 1.29 is 66.7 Å². The van der Waals surface area contributed by atoms with Crippen LogP contribution in [0, 0.1) is 27.7 Å². The number of rotatable bonds is 20. The number of ether oxygens (including phenoxy) is 2. The molecule has 0 aliphatic heterocycles. The molecule has 0 aliphatic carbocycles. The lowest BCUT2D eigenvalue weighted by Crippen LogP contribution is -2.38. The van der Waals surface area contributed by atoms with Gasteiger partial charge in [-0.15, -0.1) is 0 Å². The highest BCUT2D eigenvalue weighted by Crippen LogP contribution is 2.52. The van der Waals surface area contributed by atoms with Gasteiger partial charge in [0.2, 0.25) is 10.5 Å². The summed E-state index contributed by atoms with van der Waals surface area (Å²) in [5.41, 5.74) is -9.28. The zero-order chi connectivity index (χ0) is 39.5. The van der Waals surface area contributed by atoms with Gasteiger partial charge >= 0.3 is 23.4 Å². The molecule has 0 bridgehead atoms. The topological polar surface area (TPSA) is 41.5 Å².